The fourth-order valence-electron chi connectivity index (χ4n) is 1.51. The predicted molar refractivity (Wildman–Crippen MR) is 67.2 cm³/mol. The van der Waals surface area contributed by atoms with Gasteiger partial charge in [-0.1, -0.05) is 6.07 Å². The number of aromatic nitrogens is 1. The van der Waals surface area contributed by atoms with Crippen molar-refractivity contribution in [3.05, 3.63) is 53.5 Å². The quantitative estimate of drug-likeness (QED) is 0.794. The van der Waals surface area contributed by atoms with Crippen molar-refractivity contribution in [3.63, 3.8) is 0 Å². The summed E-state index contributed by atoms with van der Waals surface area (Å²) in [4.78, 5) is 26.2. The number of carboxylic acid groups (broad SMARTS) is 1. The minimum Gasteiger partial charge on any atom is -0.507 e. The topological polar surface area (TPSA) is 99.5 Å². The lowest BCUT2D eigenvalue weighted by atomic mass is 10.1. The van der Waals surface area contributed by atoms with E-state index in [4.69, 9.17) is 5.11 Å². The molecule has 0 aliphatic carbocycles. The van der Waals surface area contributed by atoms with Crippen molar-refractivity contribution in [2.75, 3.05) is 5.32 Å². The van der Waals surface area contributed by atoms with E-state index >= 15 is 0 Å². The Balaban J connectivity index is 2.21. The number of carbonyl (C=O) groups is 2. The molecule has 1 aromatic carbocycles. The van der Waals surface area contributed by atoms with Crippen LogP contribution >= 0.6 is 0 Å². The van der Waals surface area contributed by atoms with Gasteiger partial charge in [-0.2, -0.15) is 0 Å². The predicted octanol–water partition coefficient (Wildman–Crippen LogP) is 1.88. The molecule has 0 saturated carbocycles. The number of benzene rings is 1. The Morgan fingerprint density at radius 3 is 2.50 bits per heavy atom. The van der Waals surface area contributed by atoms with Crippen LogP contribution in [0.3, 0.4) is 0 Å². The molecule has 1 amide bonds. The summed E-state index contributed by atoms with van der Waals surface area (Å²) in [6.45, 7) is 0. The van der Waals surface area contributed by atoms with Crippen LogP contribution in [0.2, 0.25) is 0 Å². The van der Waals surface area contributed by atoms with Gasteiger partial charge in [0.15, 0.2) is 0 Å². The summed E-state index contributed by atoms with van der Waals surface area (Å²) < 4.78 is 13.5. The van der Waals surface area contributed by atoms with Crippen LogP contribution < -0.4 is 5.32 Å². The normalized spacial score (nSPS) is 10.1. The van der Waals surface area contributed by atoms with E-state index in [0.717, 1.165) is 12.3 Å². The summed E-state index contributed by atoms with van der Waals surface area (Å²) in [5.74, 6) is -3.35. The molecule has 7 heteroatoms. The maximum Gasteiger partial charge on any atom is 0.337 e. The van der Waals surface area contributed by atoms with Crippen molar-refractivity contribution < 1.29 is 24.2 Å². The van der Waals surface area contributed by atoms with Crippen LogP contribution in [-0.2, 0) is 0 Å². The summed E-state index contributed by atoms with van der Waals surface area (Å²) in [5.41, 5.74) is -0.548. The maximum atomic E-state index is 13.5. The third-order valence-corrected chi connectivity index (χ3v) is 2.47. The van der Waals surface area contributed by atoms with E-state index in [9.17, 15) is 19.1 Å². The van der Waals surface area contributed by atoms with Crippen LogP contribution in [0.5, 0.6) is 5.75 Å². The minimum absolute atomic E-state index is 0.0441. The summed E-state index contributed by atoms with van der Waals surface area (Å²) in [6, 6.07) is 5.99. The van der Waals surface area contributed by atoms with E-state index in [1.54, 1.807) is 0 Å². The van der Waals surface area contributed by atoms with Gasteiger partial charge in [0, 0.05) is 6.20 Å². The van der Waals surface area contributed by atoms with Crippen molar-refractivity contribution in [1.82, 2.24) is 4.98 Å². The van der Waals surface area contributed by atoms with Gasteiger partial charge in [0.2, 0.25) is 0 Å². The lowest BCUT2D eigenvalue weighted by molar-refractivity contribution is 0.0696. The first-order valence-electron chi connectivity index (χ1n) is 5.47. The number of hydrogen-bond donors (Lipinski definition) is 3. The lowest BCUT2D eigenvalue weighted by Gasteiger charge is -2.07. The number of hydrogen-bond acceptors (Lipinski definition) is 4. The van der Waals surface area contributed by atoms with E-state index in [1.165, 1.54) is 24.3 Å². The largest absolute Gasteiger partial charge is 0.507 e. The highest BCUT2D eigenvalue weighted by Gasteiger charge is 2.17. The van der Waals surface area contributed by atoms with Crippen molar-refractivity contribution in [2.45, 2.75) is 0 Å². The molecule has 0 saturated heterocycles. The van der Waals surface area contributed by atoms with E-state index in [0.29, 0.717) is 0 Å². The molecular formula is C13H9FN2O4. The van der Waals surface area contributed by atoms with Crippen LogP contribution in [0, 0.1) is 5.82 Å². The molecule has 0 bridgehead atoms. The molecule has 102 valence electrons. The van der Waals surface area contributed by atoms with Crippen LogP contribution in [-0.4, -0.2) is 27.1 Å². The molecule has 0 atom stereocenters. The Labute approximate surface area is 112 Å². The van der Waals surface area contributed by atoms with Crippen molar-refractivity contribution in [2.24, 2.45) is 0 Å². The standard InChI is InChI=1S/C13H9FN2O4/c14-8-2-1-3-9(17)11(8)12(18)16-10-5-4-7(6-15-10)13(19)20/h1-6,17H,(H,19,20)(H,15,16,18). The van der Waals surface area contributed by atoms with Gasteiger partial charge < -0.3 is 15.5 Å². The molecule has 6 nitrogen and oxygen atoms in total. The zero-order chi connectivity index (χ0) is 14.7. The first-order chi connectivity index (χ1) is 9.49. The molecule has 2 aromatic rings. The smallest absolute Gasteiger partial charge is 0.337 e. The van der Waals surface area contributed by atoms with Crippen LogP contribution in [0.1, 0.15) is 20.7 Å². The number of carboxylic acids is 1. The summed E-state index contributed by atoms with van der Waals surface area (Å²) in [6.07, 6.45) is 1.05. The average molecular weight is 276 g/mol. The number of nitrogens with zero attached hydrogens (tertiary/aromatic N) is 1. The number of rotatable bonds is 3. The minimum atomic E-state index is -1.15. The van der Waals surface area contributed by atoms with Gasteiger partial charge in [0.25, 0.3) is 5.91 Å². The molecule has 20 heavy (non-hydrogen) atoms. The van der Waals surface area contributed by atoms with Gasteiger partial charge in [-0.25, -0.2) is 14.2 Å². The molecule has 3 N–H and O–H groups in total. The zero-order valence-electron chi connectivity index (χ0n) is 10.0. The molecule has 1 aromatic heterocycles. The number of aromatic carboxylic acids is 1. The van der Waals surface area contributed by atoms with Gasteiger partial charge in [-0.15, -0.1) is 0 Å². The number of pyridine rings is 1. The van der Waals surface area contributed by atoms with E-state index in [-0.39, 0.29) is 11.4 Å². The first kappa shape index (κ1) is 13.5. The summed E-state index contributed by atoms with van der Waals surface area (Å²) >= 11 is 0. The molecule has 0 aliphatic rings. The molecule has 1 heterocycles. The lowest BCUT2D eigenvalue weighted by Crippen LogP contribution is -2.15. The fraction of sp³-hybridized carbons (Fsp3) is 0. The number of carbonyl (C=O) groups excluding carboxylic acids is 1. The van der Waals surface area contributed by atoms with Gasteiger partial charge in [0.05, 0.1) is 5.56 Å². The van der Waals surface area contributed by atoms with E-state index < -0.39 is 29.0 Å². The van der Waals surface area contributed by atoms with Crippen molar-refractivity contribution in [1.29, 1.82) is 0 Å². The number of aromatic hydroxyl groups is 1. The Bertz CT molecular complexity index is 650. The van der Waals surface area contributed by atoms with Crippen molar-refractivity contribution >= 4 is 17.7 Å². The summed E-state index contributed by atoms with van der Waals surface area (Å²) in [7, 11) is 0. The molecular weight excluding hydrogens is 267 g/mol. The average Bonchev–Trinajstić information content (AvgIpc) is 2.39. The first-order valence-corrected chi connectivity index (χ1v) is 5.47. The van der Waals surface area contributed by atoms with Gasteiger partial charge >= 0.3 is 5.97 Å². The molecule has 0 unspecified atom stereocenters. The fourth-order valence-corrected chi connectivity index (χ4v) is 1.51. The Morgan fingerprint density at radius 1 is 1.20 bits per heavy atom. The Kier molecular flexibility index (Phi) is 3.60. The SMILES string of the molecule is O=C(O)c1ccc(NC(=O)c2c(O)cccc2F)nc1. The van der Waals surface area contributed by atoms with Crippen LogP contribution in [0.15, 0.2) is 36.5 Å². The van der Waals surface area contributed by atoms with Crippen LogP contribution in [0.25, 0.3) is 0 Å². The van der Waals surface area contributed by atoms with Crippen molar-refractivity contribution in [3.8, 4) is 5.75 Å². The second kappa shape index (κ2) is 5.35. The van der Waals surface area contributed by atoms with E-state index in [2.05, 4.69) is 10.3 Å². The van der Waals surface area contributed by atoms with E-state index in [1.807, 2.05) is 0 Å². The molecule has 0 fully saturated rings. The van der Waals surface area contributed by atoms with Gasteiger partial charge in [-0.3, -0.25) is 4.79 Å². The third-order valence-electron chi connectivity index (χ3n) is 2.47. The molecule has 0 aliphatic heterocycles. The van der Waals surface area contributed by atoms with Gasteiger partial charge in [0.1, 0.15) is 22.9 Å². The Morgan fingerprint density at radius 2 is 1.95 bits per heavy atom. The van der Waals surface area contributed by atoms with Gasteiger partial charge in [-0.05, 0) is 24.3 Å². The second-order valence-corrected chi connectivity index (χ2v) is 3.83. The number of phenolic OH excluding ortho intramolecular Hbond substituents is 1. The monoisotopic (exact) mass is 276 g/mol. The van der Waals surface area contributed by atoms with Crippen LogP contribution in [0.4, 0.5) is 10.2 Å². The second-order valence-electron chi connectivity index (χ2n) is 3.83. The number of anilines is 1. The highest BCUT2D eigenvalue weighted by Crippen LogP contribution is 2.20. The highest BCUT2D eigenvalue weighted by atomic mass is 19.1. The molecule has 0 radical (unpaired) electrons. The Hall–Kier alpha value is -2.96. The number of nitrogens with one attached hydrogen (secondary N) is 1. The number of amides is 1. The number of phenols is 1. The number of halogens is 1. The highest BCUT2D eigenvalue weighted by molar-refractivity contribution is 6.05. The third kappa shape index (κ3) is 2.72. The summed E-state index contributed by atoms with van der Waals surface area (Å²) in [5, 5.41) is 20.4. The molecule has 0 spiro atoms. The zero-order valence-corrected chi connectivity index (χ0v) is 10.0. The maximum absolute atomic E-state index is 13.5. The molecule has 2 rings (SSSR count).